The van der Waals surface area contributed by atoms with Crippen LogP contribution >= 0.6 is 0 Å². The molecule has 0 amide bonds. The van der Waals surface area contributed by atoms with Crippen molar-refractivity contribution < 1.29 is 4.39 Å². The van der Waals surface area contributed by atoms with Gasteiger partial charge in [0.05, 0.1) is 5.83 Å². The Morgan fingerprint density at radius 1 is 1.33 bits per heavy atom. The van der Waals surface area contributed by atoms with Gasteiger partial charge in [-0.15, -0.1) is 0 Å². The van der Waals surface area contributed by atoms with Gasteiger partial charge in [0.2, 0.25) is 0 Å². The molecule has 0 radical (unpaired) electrons. The molecular formula is C7H14FN. The Bertz CT molecular complexity index is 112. The molecule has 0 atom stereocenters. The summed E-state index contributed by atoms with van der Waals surface area (Å²) in [6.07, 6.45) is 0. The molecule has 54 valence electrons. The van der Waals surface area contributed by atoms with Crippen LogP contribution in [0.5, 0.6) is 0 Å². The van der Waals surface area contributed by atoms with Crippen LogP contribution < -0.4 is 0 Å². The molecule has 0 bridgehead atoms. The third-order valence-corrected chi connectivity index (χ3v) is 1.14. The second kappa shape index (κ2) is 3.62. The third-order valence-electron chi connectivity index (χ3n) is 1.14. The van der Waals surface area contributed by atoms with Crippen LogP contribution in [-0.4, -0.2) is 25.5 Å². The van der Waals surface area contributed by atoms with E-state index in [0.717, 1.165) is 5.57 Å². The number of likely N-dealkylation sites (N-methyl/N-ethyl adjacent to an activating group) is 1. The first kappa shape index (κ1) is 8.63. The topological polar surface area (TPSA) is 3.24 Å². The number of allylic oxidation sites excluding steroid dienone is 1. The maximum Gasteiger partial charge on any atom is 0.0970 e. The van der Waals surface area contributed by atoms with E-state index >= 15 is 0 Å². The number of rotatable bonds is 2. The standard InChI is InChI=1S/C7H14FN/c1-6(7(2)8)5-9(3)4/h5H2,1-4H3/b7-6-. The van der Waals surface area contributed by atoms with E-state index in [0.29, 0.717) is 6.54 Å². The van der Waals surface area contributed by atoms with E-state index < -0.39 is 0 Å². The lowest BCUT2D eigenvalue weighted by Gasteiger charge is -2.08. The van der Waals surface area contributed by atoms with Gasteiger partial charge in [-0.1, -0.05) is 0 Å². The van der Waals surface area contributed by atoms with Gasteiger partial charge in [0.25, 0.3) is 0 Å². The maximum absolute atomic E-state index is 12.3. The van der Waals surface area contributed by atoms with E-state index in [4.69, 9.17) is 0 Å². The van der Waals surface area contributed by atoms with E-state index in [2.05, 4.69) is 0 Å². The van der Waals surface area contributed by atoms with Crippen LogP contribution in [0.25, 0.3) is 0 Å². The average molecular weight is 131 g/mol. The molecule has 0 aromatic heterocycles. The Morgan fingerprint density at radius 2 is 1.78 bits per heavy atom. The van der Waals surface area contributed by atoms with Crippen molar-refractivity contribution in [1.29, 1.82) is 0 Å². The van der Waals surface area contributed by atoms with Gasteiger partial charge >= 0.3 is 0 Å². The molecule has 2 heteroatoms. The largest absolute Gasteiger partial charge is 0.305 e. The predicted molar refractivity (Wildman–Crippen MR) is 38.0 cm³/mol. The van der Waals surface area contributed by atoms with Crippen LogP contribution in [0.3, 0.4) is 0 Å². The zero-order valence-electron chi connectivity index (χ0n) is 6.53. The van der Waals surface area contributed by atoms with Crippen molar-refractivity contribution in [3.05, 3.63) is 11.4 Å². The van der Waals surface area contributed by atoms with Crippen molar-refractivity contribution >= 4 is 0 Å². The average Bonchev–Trinajstić information content (AvgIpc) is 1.63. The quantitative estimate of drug-likeness (QED) is 0.552. The van der Waals surface area contributed by atoms with Crippen molar-refractivity contribution in [3.63, 3.8) is 0 Å². The smallest absolute Gasteiger partial charge is 0.0970 e. The number of hydrogen-bond donors (Lipinski definition) is 0. The molecule has 9 heavy (non-hydrogen) atoms. The van der Waals surface area contributed by atoms with Crippen molar-refractivity contribution in [1.82, 2.24) is 4.90 Å². The Kier molecular flexibility index (Phi) is 3.47. The zero-order chi connectivity index (χ0) is 7.44. The second-order valence-electron chi connectivity index (χ2n) is 2.55. The molecule has 0 aliphatic carbocycles. The highest BCUT2D eigenvalue weighted by atomic mass is 19.1. The lowest BCUT2D eigenvalue weighted by Crippen LogP contribution is -2.14. The van der Waals surface area contributed by atoms with Crippen LogP contribution in [0.1, 0.15) is 13.8 Å². The molecule has 1 nitrogen and oxygen atoms in total. The maximum atomic E-state index is 12.3. The van der Waals surface area contributed by atoms with Crippen molar-refractivity contribution in [2.45, 2.75) is 13.8 Å². The Morgan fingerprint density at radius 3 is 1.89 bits per heavy atom. The van der Waals surface area contributed by atoms with E-state index in [9.17, 15) is 4.39 Å². The molecular weight excluding hydrogens is 117 g/mol. The minimum Gasteiger partial charge on any atom is -0.305 e. The lowest BCUT2D eigenvalue weighted by molar-refractivity contribution is 0.436. The van der Waals surface area contributed by atoms with Crippen molar-refractivity contribution in [2.24, 2.45) is 0 Å². The van der Waals surface area contributed by atoms with Gasteiger partial charge in [-0.05, 0) is 33.5 Å². The molecule has 0 fully saturated rings. The highest BCUT2D eigenvalue weighted by Gasteiger charge is 1.95. The number of hydrogen-bond acceptors (Lipinski definition) is 1. The van der Waals surface area contributed by atoms with Crippen LogP contribution in [0.2, 0.25) is 0 Å². The van der Waals surface area contributed by atoms with E-state index in [1.54, 1.807) is 6.92 Å². The predicted octanol–water partition coefficient (Wildman–Crippen LogP) is 1.81. The molecule has 0 aliphatic rings. The fourth-order valence-corrected chi connectivity index (χ4v) is 0.583. The minimum absolute atomic E-state index is 0.0660. The Hall–Kier alpha value is -0.370. The fraction of sp³-hybridized carbons (Fsp3) is 0.714. The molecule has 0 aromatic carbocycles. The van der Waals surface area contributed by atoms with Crippen LogP contribution in [-0.2, 0) is 0 Å². The molecule has 0 unspecified atom stereocenters. The van der Waals surface area contributed by atoms with Gasteiger partial charge in [0, 0.05) is 6.54 Å². The van der Waals surface area contributed by atoms with Gasteiger partial charge < -0.3 is 4.90 Å². The first-order valence-corrected chi connectivity index (χ1v) is 3.00. The summed E-state index contributed by atoms with van der Waals surface area (Å²) in [5.74, 6) is -0.0660. The summed E-state index contributed by atoms with van der Waals surface area (Å²) >= 11 is 0. The number of nitrogens with zero attached hydrogens (tertiary/aromatic N) is 1. The summed E-state index contributed by atoms with van der Waals surface area (Å²) in [7, 11) is 3.85. The summed E-state index contributed by atoms with van der Waals surface area (Å²) in [4.78, 5) is 1.94. The molecule has 0 saturated heterocycles. The summed E-state index contributed by atoms with van der Waals surface area (Å²) in [5, 5.41) is 0. The van der Waals surface area contributed by atoms with Crippen LogP contribution in [0, 0.1) is 0 Å². The third kappa shape index (κ3) is 4.15. The van der Waals surface area contributed by atoms with E-state index in [-0.39, 0.29) is 5.83 Å². The van der Waals surface area contributed by atoms with Crippen molar-refractivity contribution in [2.75, 3.05) is 20.6 Å². The Balaban J connectivity index is 3.77. The first-order chi connectivity index (χ1) is 4.04. The summed E-state index contributed by atoms with van der Waals surface area (Å²) in [5.41, 5.74) is 0.806. The van der Waals surface area contributed by atoms with Gasteiger partial charge in [-0.2, -0.15) is 0 Å². The van der Waals surface area contributed by atoms with Crippen LogP contribution in [0.4, 0.5) is 4.39 Å². The Labute approximate surface area is 56.2 Å². The van der Waals surface area contributed by atoms with E-state index in [1.807, 2.05) is 19.0 Å². The molecule has 0 aliphatic heterocycles. The first-order valence-electron chi connectivity index (χ1n) is 3.00. The van der Waals surface area contributed by atoms with Crippen molar-refractivity contribution in [3.8, 4) is 0 Å². The lowest BCUT2D eigenvalue weighted by atomic mass is 10.3. The normalized spacial score (nSPS) is 14.0. The molecule has 0 N–H and O–H groups in total. The minimum atomic E-state index is -0.0660. The molecule has 0 heterocycles. The summed E-state index contributed by atoms with van der Waals surface area (Å²) < 4.78 is 12.3. The van der Waals surface area contributed by atoms with Gasteiger partial charge in [-0.3, -0.25) is 0 Å². The van der Waals surface area contributed by atoms with Gasteiger partial charge in [0.15, 0.2) is 0 Å². The van der Waals surface area contributed by atoms with Crippen LogP contribution in [0.15, 0.2) is 11.4 Å². The highest BCUT2D eigenvalue weighted by molar-refractivity contribution is 5.03. The van der Waals surface area contributed by atoms with Gasteiger partial charge in [-0.25, -0.2) is 4.39 Å². The zero-order valence-corrected chi connectivity index (χ0v) is 6.53. The highest BCUT2D eigenvalue weighted by Crippen LogP contribution is 2.03. The summed E-state index contributed by atoms with van der Waals surface area (Å²) in [6.45, 7) is 4.00. The number of halogens is 1. The molecule has 0 spiro atoms. The fourth-order valence-electron chi connectivity index (χ4n) is 0.583. The summed E-state index contributed by atoms with van der Waals surface area (Å²) in [6, 6.07) is 0. The molecule has 0 aromatic rings. The molecule has 0 rings (SSSR count). The van der Waals surface area contributed by atoms with Gasteiger partial charge in [0.1, 0.15) is 0 Å². The second-order valence-corrected chi connectivity index (χ2v) is 2.55. The molecule has 0 saturated carbocycles. The van der Waals surface area contributed by atoms with E-state index in [1.165, 1.54) is 6.92 Å². The monoisotopic (exact) mass is 131 g/mol. The SMILES string of the molecule is C/C(F)=C(\C)CN(C)C.